The number of hydrogen-bond donors (Lipinski definition) is 2. The zero-order valence-electron chi connectivity index (χ0n) is 29.8. The highest BCUT2D eigenvalue weighted by Gasteiger charge is 2.49. The first-order valence-electron chi connectivity index (χ1n) is 18.3. The molecule has 0 spiro atoms. The lowest BCUT2D eigenvalue weighted by Gasteiger charge is -2.40. The van der Waals surface area contributed by atoms with E-state index in [1.807, 2.05) is 36.1 Å². The van der Waals surface area contributed by atoms with Gasteiger partial charge in [0.15, 0.2) is 5.82 Å². The topological polar surface area (TPSA) is 125 Å². The SMILES string of the molecule is CNC(=O)c1ncccc1-c1nc2c(F)c(-c3cccc4ccc(F)cc34)c(CCC#N)cc2c2c1cc([C@@H](C)N1CCOCC1=O)n2[C@H]1[C@H]2CN[C@@H]1C2. The predicted octanol–water partition coefficient (Wildman–Crippen LogP) is 6.62. The van der Waals surface area contributed by atoms with Crippen LogP contribution in [0.1, 0.15) is 53.6 Å². The highest BCUT2D eigenvalue weighted by atomic mass is 19.1. The molecule has 10 nitrogen and oxygen atoms in total. The van der Waals surface area contributed by atoms with E-state index in [4.69, 9.17) is 9.72 Å². The molecule has 2 amide bonds. The van der Waals surface area contributed by atoms with Crippen molar-refractivity contribution >= 4 is 44.4 Å². The number of nitrogens with zero attached hydrogens (tertiary/aromatic N) is 5. The van der Waals surface area contributed by atoms with Gasteiger partial charge in [-0.3, -0.25) is 14.6 Å². The lowest BCUT2D eigenvalue weighted by Crippen LogP contribution is -2.45. The Morgan fingerprint density at radius 3 is 2.72 bits per heavy atom. The zero-order valence-corrected chi connectivity index (χ0v) is 29.8. The van der Waals surface area contributed by atoms with Gasteiger partial charge in [0.2, 0.25) is 5.91 Å². The first-order valence-corrected chi connectivity index (χ1v) is 18.3. The Balaban J connectivity index is 1.43. The molecule has 0 unspecified atom stereocenters. The summed E-state index contributed by atoms with van der Waals surface area (Å²) in [7, 11) is 1.53. The second-order valence-electron chi connectivity index (χ2n) is 14.4. The molecule has 6 aromatic rings. The number of nitrogens with one attached hydrogen (secondary N) is 2. The number of fused-ring (bicyclic) bond motifs is 5. The summed E-state index contributed by atoms with van der Waals surface area (Å²) in [5, 5.41) is 18.6. The van der Waals surface area contributed by atoms with Crippen molar-refractivity contribution in [2.24, 2.45) is 5.92 Å². The molecule has 272 valence electrons. The van der Waals surface area contributed by atoms with Crippen molar-refractivity contribution < 1.29 is 23.1 Å². The number of carbonyl (C=O) groups excluding carboxylic acids is 2. The molecule has 1 saturated carbocycles. The van der Waals surface area contributed by atoms with Crippen LogP contribution in [-0.4, -0.2) is 70.6 Å². The van der Waals surface area contributed by atoms with Crippen LogP contribution >= 0.6 is 0 Å². The summed E-state index contributed by atoms with van der Waals surface area (Å²) >= 11 is 0. The molecule has 4 atom stereocenters. The molecule has 3 aromatic carbocycles. The number of rotatable bonds is 8. The van der Waals surface area contributed by atoms with Crippen molar-refractivity contribution in [1.82, 2.24) is 30.1 Å². The molecule has 2 bridgehead atoms. The first-order chi connectivity index (χ1) is 26.3. The average Bonchev–Trinajstić information content (AvgIpc) is 3.93. The fourth-order valence-electron chi connectivity index (χ4n) is 8.98. The Hall–Kier alpha value is -5.77. The highest BCUT2D eigenvalue weighted by Crippen LogP contribution is 2.50. The van der Waals surface area contributed by atoms with Gasteiger partial charge in [-0.05, 0) is 84.0 Å². The van der Waals surface area contributed by atoms with E-state index in [1.54, 1.807) is 24.3 Å². The number of amides is 2. The van der Waals surface area contributed by atoms with Crippen LogP contribution in [0.2, 0.25) is 0 Å². The van der Waals surface area contributed by atoms with E-state index in [9.17, 15) is 19.2 Å². The van der Waals surface area contributed by atoms with Crippen molar-refractivity contribution in [2.45, 2.75) is 44.3 Å². The van der Waals surface area contributed by atoms with Gasteiger partial charge in [0.25, 0.3) is 5.91 Å². The minimum absolute atomic E-state index is 0.00395. The molecule has 1 aliphatic carbocycles. The summed E-state index contributed by atoms with van der Waals surface area (Å²) in [5.74, 6) is -1.27. The second kappa shape index (κ2) is 13.3. The van der Waals surface area contributed by atoms with Gasteiger partial charge in [0.1, 0.15) is 23.6 Å². The van der Waals surface area contributed by atoms with Crippen LogP contribution < -0.4 is 10.6 Å². The van der Waals surface area contributed by atoms with Gasteiger partial charge in [-0.25, -0.2) is 13.8 Å². The number of carbonyl (C=O) groups is 2. The normalized spacial score (nSPS) is 20.0. The Bertz CT molecular complexity index is 2570. The van der Waals surface area contributed by atoms with Gasteiger partial charge in [0.05, 0.1) is 36.0 Å². The molecule has 54 heavy (non-hydrogen) atoms. The summed E-state index contributed by atoms with van der Waals surface area (Å²) in [6, 6.07) is 19.4. The van der Waals surface area contributed by atoms with E-state index in [0.29, 0.717) is 57.6 Å². The maximum absolute atomic E-state index is 17.9. The Morgan fingerprint density at radius 2 is 1.96 bits per heavy atom. The number of ether oxygens (including phenoxy) is 1. The largest absolute Gasteiger partial charge is 0.370 e. The van der Waals surface area contributed by atoms with Crippen LogP contribution in [0.5, 0.6) is 0 Å². The molecule has 4 aliphatic rings. The minimum Gasteiger partial charge on any atom is -0.370 e. The number of halogens is 2. The van der Waals surface area contributed by atoms with Crippen LogP contribution in [0.15, 0.2) is 66.9 Å². The van der Waals surface area contributed by atoms with E-state index in [0.717, 1.165) is 29.6 Å². The highest BCUT2D eigenvalue weighted by molar-refractivity contribution is 6.14. The van der Waals surface area contributed by atoms with Crippen LogP contribution in [-0.2, 0) is 16.0 Å². The molecule has 3 aliphatic heterocycles. The zero-order chi connectivity index (χ0) is 37.2. The molecule has 3 aromatic heterocycles. The molecular weight excluding hydrogens is 689 g/mol. The smallest absolute Gasteiger partial charge is 0.270 e. The third kappa shape index (κ3) is 5.25. The number of benzene rings is 3. The van der Waals surface area contributed by atoms with Crippen molar-refractivity contribution in [3.63, 3.8) is 0 Å². The summed E-state index contributed by atoms with van der Waals surface area (Å²) in [6.07, 6.45) is 2.92. The monoisotopic (exact) mass is 725 g/mol. The molecule has 0 radical (unpaired) electrons. The number of hydrogen-bond acceptors (Lipinski definition) is 7. The maximum Gasteiger partial charge on any atom is 0.270 e. The predicted molar refractivity (Wildman–Crippen MR) is 201 cm³/mol. The maximum atomic E-state index is 17.9. The van der Waals surface area contributed by atoms with Crippen LogP contribution in [0, 0.1) is 28.9 Å². The molecule has 10 rings (SSSR count). The molecular formula is C42H37F2N7O3. The van der Waals surface area contributed by atoms with Crippen molar-refractivity contribution in [1.29, 1.82) is 5.26 Å². The third-order valence-corrected chi connectivity index (χ3v) is 11.6. The van der Waals surface area contributed by atoms with E-state index >= 15 is 4.39 Å². The molecule has 3 saturated heterocycles. The molecule has 4 fully saturated rings. The van der Waals surface area contributed by atoms with Crippen molar-refractivity contribution in [2.75, 3.05) is 33.4 Å². The quantitative estimate of drug-likeness (QED) is 0.181. The van der Waals surface area contributed by atoms with Crippen molar-refractivity contribution in [3.05, 3.63) is 95.4 Å². The van der Waals surface area contributed by atoms with E-state index in [2.05, 4.69) is 26.3 Å². The minimum atomic E-state index is -0.605. The van der Waals surface area contributed by atoms with Gasteiger partial charge >= 0.3 is 0 Å². The third-order valence-electron chi connectivity index (χ3n) is 11.6. The lowest BCUT2D eigenvalue weighted by atomic mass is 9.79. The number of aryl methyl sites for hydroxylation is 1. The van der Waals surface area contributed by atoms with Gasteiger partial charge in [-0.2, -0.15) is 5.26 Å². The van der Waals surface area contributed by atoms with Gasteiger partial charge in [-0.15, -0.1) is 0 Å². The Kier molecular flexibility index (Phi) is 8.36. The van der Waals surface area contributed by atoms with Gasteiger partial charge < -0.3 is 24.8 Å². The number of aromatic nitrogens is 3. The summed E-state index contributed by atoms with van der Waals surface area (Å²) < 4.78 is 40.4. The van der Waals surface area contributed by atoms with E-state index < -0.39 is 17.5 Å². The van der Waals surface area contributed by atoms with Gasteiger partial charge in [-0.1, -0.05) is 24.3 Å². The molecule has 6 heterocycles. The Labute approximate surface area is 309 Å². The molecule has 12 heteroatoms. The summed E-state index contributed by atoms with van der Waals surface area (Å²) in [6.45, 7) is 3.68. The fourth-order valence-corrected chi connectivity index (χ4v) is 8.98. The summed E-state index contributed by atoms with van der Waals surface area (Å²) in [4.78, 5) is 37.9. The average molecular weight is 726 g/mol. The number of morpholine rings is 1. The first kappa shape index (κ1) is 34.0. The standard InChI is InChI=1S/C42H37F2N7O3/c1-22(50-14-15-54-21-34(50)52)33-19-31-37(28-9-5-13-47-39(28)42(53)46-2)49-38-30(41(31)51(33)40-25-17-32(40)48-20-25)16-24(7-4-12-45)35(36(38)44)27-8-3-6-23-10-11-26(43)18-29(23)27/h3,5-6,8-11,13,16,18-19,22,25,32,40,48H,4,7,14-15,17,20-21H2,1-2H3,(H,46,53)/t22-,25-,32-,40+/m1/s1. The number of nitriles is 1. The van der Waals surface area contributed by atoms with Gasteiger partial charge in [0, 0.05) is 66.4 Å². The fraction of sp³-hybridized carbons (Fsp3) is 0.310. The van der Waals surface area contributed by atoms with Crippen LogP contribution in [0.25, 0.3) is 55.0 Å². The van der Waals surface area contributed by atoms with E-state index in [-0.39, 0.29) is 60.3 Å². The second-order valence-corrected chi connectivity index (χ2v) is 14.4. The Morgan fingerprint density at radius 1 is 1.11 bits per heavy atom. The van der Waals surface area contributed by atoms with Crippen LogP contribution in [0.3, 0.4) is 0 Å². The summed E-state index contributed by atoms with van der Waals surface area (Å²) in [5.41, 5.74) is 3.97. The van der Waals surface area contributed by atoms with E-state index in [1.165, 1.54) is 25.4 Å². The van der Waals surface area contributed by atoms with Crippen LogP contribution in [0.4, 0.5) is 8.78 Å². The molecule has 2 N–H and O–H groups in total. The van der Waals surface area contributed by atoms with Crippen molar-refractivity contribution in [3.8, 4) is 28.5 Å². The number of pyridine rings is 2. The lowest BCUT2D eigenvalue weighted by molar-refractivity contribution is -0.145.